The second-order valence-electron chi connectivity index (χ2n) is 5.16. The van der Waals surface area contributed by atoms with Crippen LogP contribution in [0.3, 0.4) is 0 Å². The van der Waals surface area contributed by atoms with Gasteiger partial charge < -0.3 is 10.0 Å². The lowest BCUT2D eigenvalue weighted by atomic mass is 9.95. The van der Waals surface area contributed by atoms with E-state index in [-0.39, 0.29) is 23.9 Å². The van der Waals surface area contributed by atoms with Gasteiger partial charge in [-0.15, -0.1) is 0 Å². The SMILES string of the molecule is CC1CCN(C(=O)c2ccc(C(F)(F)F)cc2)CC1O. The number of aliphatic hydroxyl groups is 1. The van der Waals surface area contributed by atoms with E-state index in [1.54, 1.807) is 0 Å². The molecule has 1 saturated heterocycles. The number of hydrogen-bond acceptors (Lipinski definition) is 2. The molecule has 3 nitrogen and oxygen atoms in total. The maximum absolute atomic E-state index is 12.4. The Hall–Kier alpha value is -1.56. The van der Waals surface area contributed by atoms with E-state index in [9.17, 15) is 23.1 Å². The maximum Gasteiger partial charge on any atom is 0.416 e. The van der Waals surface area contributed by atoms with Crippen LogP contribution in [0.15, 0.2) is 24.3 Å². The van der Waals surface area contributed by atoms with Crippen molar-refractivity contribution in [1.82, 2.24) is 4.90 Å². The number of halogens is 3. The summed E-state index contributed by atoms with van der Waals surface area (Å²) in [6.07, 6.45) is -4.30. The van der Waals surface area contributed by atoms with Crippen molar-refractivity contribution in [3.05, 3.63) is 35.4 Å². The number of piperidine rings is 1. The van der Waals surface area contributed by atoms with E-state index in [0.29, 0.717) is 13.0 Å². The first kappa shape index (κ1) is 14.8. The Kier molecular flexibility index (Phi) is 4.04. The number of carbonyl (C=O) groups is 1. The average Bonchev–Trinajstić information content (AvgIpc) is 2.40. The van der Waals surface area contributed by atoms with Gasteiger partial charge in [0.25, 0.3) is 5.91 Å². The number of aliphatic hydroxyl groups excluding tert-OH is 1. The van der Waals surface area contributed by atoms with Gasteiger partial charge in [-0.3, -0.25) is 4.79 Å². The zero-order valence-electron chi connectivity index (χ0n) is 11.0. The van der Waals surface area contributed by atoms with Gasteiger partial charge in [0.2, 0.25) is 0 Å². The average molecular weight is 287 g/mol. The number of hydrogen-bond donors (Lipinski definition) is 1. The van der Waals surface area contributed by atoms with E-state index in [4.69, 9.17) is 0 Å². The molecule has 1 aliphatic heterocycles. The zero-order valence-corrected chi connectivity index (χ0v) is 11.0. The Morgan fingerprint density at radius 1 is 1.30 bits per heavy atom. The van der Waals surface area contributed by atoms with Crippen LogP contribution < -0.4 is 0 Å². The Labute approximate surface area is 115 Å². The second kappa shape index (κ2) is 5.44. The number of β-amino-alcohol motifs (C(OH)–C–C–N with tert-alkyl or cyclic N) is 1. The molecule has 0 bridgehead atoms. The van der Waals surface area contributed by atoms with Crippen molar-refractivity contribution >= 4 is 5.91 Å². The van der Waals surface area contributed by atoms with Gasteiger partial charge in [-0.05, 0) is 36.6 Å². The molecule has 1 N–H and O–H groups in total. The molecule has 1 aromatic carbocycles. The van der Waals surface area contributed by atoms with Crippen LogP contribution >= 0.6 is 0 Å². The third-order valence-corrected chi connectivity index (χ3v) is 3.67. The maximum atomic E-state index is 12.4. The van der Waals surface area contributed by atoms with Crippen LogP contribution in [0.5, 0.6) is 0 Å². The highest BCUT2D eigenvalue weighted by Gasteiger charge is 2.31. The van der Waals surface area contributed by atoms with E-state index in [1.807, 2.05) is 6.92 Å². The van der Waals surface area contributed by atoms with Crippen molar-refractivity contribution < 1.29 is 23.1 Å². The highest BCUT2D eigenvalue weighted by molar-refractivity contribution is 5.94. The standard InChI is InChI=1S/C14H16F3NO2/c1-9-6-7-18(8-12(9)19)13(20)10-2-4-11(5-3-10)14(15,16)17/h2-5,9,12,19H,6-8H2,1H3. The highest BCUT2D eigenvalue weighted by atomic mass is 19.4. The zero-order chi connectivity index (χ0) is 14.9. The largest absolute Gasteiger partial charge is 0.416 e. The summed E-state index contributed by atoms with van der Waals surface area (Å²) in [4.78, 5) is 13.6. The molecule has 20 heavy (non-hydrogen) atoms. The van der Waals surface area contributed by atoms with Gasteiger partial charge in [-0.25, -0.2) is 0 Å². The minimum absolute atomic E-state index is 0.131. The first-order chi connectivity index (χ1) is 9.29. The number of rotatable bonds is 1. The molecule has 0 radical (unpaired) electrons. The van der Waals surface area contributed by atoms with Crippen LogP contribution in [-0.2, 0) is 6.18 Å². The monoisotopic (exact) mass is 287 g/mol. The van der Waals surface area contributed by atoms with Crippen LogP contribution in [0.1, 0.15) is 29.3 Å². The van der Waals surface area contributed by atoms with E-state index in [2.05, 4.69) is 0 Å². The van der Waals surface area contributed by atoms with E-state index in [1.165, 1.54) is 17.0 Å². The summed E-state index contributed by atoms with van der Waals surface area (Å²) in [5.74, 6) is -0.212. The third-order valence-electron chi connectivity index (χ3n) is 3.67. The summed E-state index contributed by atoms with van der Waals surface area (Å²) in [7, 11) is 0. The molecule has 2 rings (SSSR count). The fourth-order valence-electron chi connectivity index (χ4n) is 2.22. The van der Waals surface area contributed by atoms with Crippen molar-refractivity contribution in [3.8, 4) is 0 Å². The van der Waals surface area contributed by atoms with E-state index >= 15 is 0 Å². The van der Waals surface area contributed by atoms with Gasteiger partial charge in [0.1, 0.15) is 0 Å². The van der Waals surface area contributed by atoms with Gasteiger partial charge in [0.05, 0.1) is 11.7 Å². The number of amides is 1. The van der Waals surface area contributed by atoms with E-state index in [0.717, 1.165) is 12.1 Å². The number of nitrogens with zero attached hydrogens (tertiary/aromatic N) is 1. The molecule has 110 valence electrons. The summed E-state index contributed by atoms with van der Waals surface area (Å²) >= 11 is 0. The minimum Gasteiger partial charge on any atom is -0.391 e. The summed E-state index contributed by atoms with van der Waals surface area (Å²) < 4.78 is 37.3. The normalized spacial score (nSPS) is 23.8. The molecule has 0 saturated carbocycles. The van der Waals surface area contributed by atoms with Crippen molar-refractivity contribution in [2.75, 3.05) is 13.1 Å². The van der Waals surface area contributed by atoms with Crippen LogP contribution in [-0.4, -0.2) is 35.1 Å². The first-order valence-corrected chi connectivity index (χ1v) is 6.43. The molecule has 1 amide bonds. The summed E-state index contributed by atoms with van der Waals surface area (Å²) in [6, 6.07) is 4.15. The smallest absolute Gasteiger partial charge is 0.391 e. The molecule has 6 heteroatoms. The lowest BCUT2D eigenvalue weighted by molar-refractivity contribution is -0.137. The van der Waals surface area contributed by atoms with Gasteiger partial charge in [-0.1, -0.05) is 6.92 Å². The quantitative estimate of drug-likeness (QED) is 0.862. The van der Waals surface area contributed by atoms with Crippen LogP contribution in [0.25, 0.3) is 0 Å². The number of carbonyl (C=O) groups excluding carboxylic acids is 1. The number of benzene rings is 1. The molecular weight excluding hydrogens is 271 g/mol. The van der Waals surface area contributed by atoms with Crippen molar-refractivity contribution in [2.24, 2.45) is 5.92 Å². The molecule has 1 fully saturated rings. The predicted octanol–water partition coefficient (Wildman–Crippen LogP) is 2.55. The molecule has 0 spiro atoms. The Balaban J connectivity index is 2.10. The summed E-state index contributed by atoms with van der Waals surface area (Å²) in [5, 5.41) is 9.75. The molecule has 2 unspecified atom stereocenters. The molecular formula is C14H16F3NO2. The second-order valence-corrected chi connectivity index (χ2v) is 5.16. The molecule has 1 aromatic rings. The van der Waals surface area contributed by atoms with Crippen LogP contribution in [0, 0.1) is 5.92 Å². The van der Waals surface area contributed by atoms with Gasteiger partial charge >= 0.3 is 6.18 Å². The van der Waals surface area contributed by atoms with E-state index < -0.39 is 17.8 Å². The van der Waals surface area contributed by atoms with Gasteiger partial charge in [-0.2, -0.15) is 13.2 Å². The summed E-state index contributed by atoms with van der Waals surface area (Å²) in [5.41, 5.74) is -0.568. The lowest BCUT2D eigenvalue weighted by Gasteiger charge is -2.34. The molecule has 1 aliphatic rings. The Morgan fingerprint density at radius 3 is 2.40 bits per heavy atom. The predicted molar refractivity (Wildman–Crippen MR) is 67.1 cm³/mol. The first-order valence-electron chi connectivity index (χ1n) is 6.43. The van der Waals surface area contributed by atoms with Gasteiger partial charge in [0, 0.05) is 18.7 Å². The highest BCUT2D eigenvalue weighted by Crippen LogP contribution is 2.29. The minimum atomic E-state index is -4.40. The lowest BCUT2D eigenvalue weighted by Crippen LogP contribution is -2.45. The van der Waals surface area contributed by atoms with Crippen molar-refractivity contribution in [3.63, 3.8) is 0 Å². The molecule has 0 aromatic heterocycles. The number of likely N-dealkylation sites (tertiary alicyclic amines) is 1. The van der Waals surface area contributed by atoms with Crippen molar-refractivity contribution in [1.29, 1.82) is 0 Å². The molecule has 2 atom stereocenters. The fraction of sp³-hybridized carbons (Fsp3) is 0.500. The fourth-order valence-corrected chi connectivity index (χ4v) is 2.22. The Bertz CT molecular complexity index is 484. The molecule has 1 heterocycles. The Morgan fingerprint density at radius 2 is 1.90 bits per heavy atom. The summed E-state index contributed by atoms with van der Waals surface area (Å²) in [6.45, 7) is 2.64. The molecule has 0 aliphatic carbocycles. The van der Waals surface area contributed by atoms with Crippen molar-refractivity contribution in [2.45, 2.75) is 25.6 Å². The number of alkyl halides is 3. The van der Waals surface area contributed by atoms with Gasteiger partial charge in [0.15, 0.2) is 0 Å². The van der Waals surface area contributed by atoms with Crippen LogP contribution in [0.2, 0.25) is 0 Å². The topological polar surface area (TPSA) is 40.5 Å². The van der Waals surface area contributed by atoms with Crippen LogP contribution in [0.4, 0.5) is 13.2 Å². The third kappa shape index (κ3) is 3.12.